The molecule has 4 rings (SSSR count). The molecule has 0 unspecified atom stereocenters. The Bertz CT molecular complexity index is 838. The smallest absolute Gasteiger partial charge is 0.325 e. The van der Waals surface area contributed by atoms with Crippen LogP contribution in [0.3, 0.4) is 0 Å². The molecule has 1 fully saturated rings. The summed E-state index contributed by atoms with van der Waals surface area (Å²) < 4.78 is 10.5. The van der Waals surface area contributed by atoms with Crippen molar-refractivity contribution in [2.24, 2.45) is 0 Å². The van der Waals surface area contributed by atoms with Gasteiger partial charge in [-0.05, 0) is 36.1 Å². The Morgan fingerprint density at radius 1 is 1.32 bits per heavy atom. The number of amides is 3. The van der Waals surface area contributed by atoms with Crippen molar-refractivity contribution in [2.75, 3.05) is 13.3 Å². The molecular formula is C17H16N2O5S. The number of urea groups is 1. The predicted octanol–water partition coefficient (Wildman–Crippen LogP) is 1.98. The average Bonchev–Trinajstić information content (AvgIpc) is 3.31. The second-order valence-electron chi connectivity index (χ2n) is 6.08. The summed E-state index contributed by atoms with van der Waals surface area (Å²) in [4.78, 5) is 26.9. The number of benzene rings is 1. The third-order valence-electron chi connectivity index (χ3n) is 4.43. The minimum Gasteiger partial charge on any atom is -0.454 e. The quantitative estimate of drug-likeness (QED) is 0.814. The Hall–Kier alpha value is -2.58. The molecule has 1 aromatic carbocycles. The molecular weight excluding hydrogens is 344 g/mol. The number of carbonyl (C=O) groups is 2. The van der Waals surface area contributed by atoms with Crippen LogP contribution in [0.4, 0.5) is 4.79 Å². The van der Waals surface area contributed by atoms with E-state index in [4.69, 9.17) is 9.47 Å². The van der Waals surface area contributed by atoms with Crippen LogP contribution in [0.2, 0.25) is 0 Å². The highest BCUT2D eigenvalue weighted by Gasteiger charge is 2.50. The maximum absolute atomic E-state index is 12.8. The van der Waals surface area contributed by atoms with Crippen molar-refractivity contribution in [3.63, 3.8) is 0 Å². The third kappa shape index (κ3) is 2.54. The summed E-state index contributed by atoms with van der Waals surface area (Å²) in [6.45, 7) is 1.68. The molecule has 0 spiro atoms. The maximum atomic E-state index is 12.8. The van der Waals surface area contributed by atoms with Crippen LogP contribution in [0.15, 0.2) is 35.7 Å². The van der Waals surface area contributed by atoms with Gasteiger partial charge in [-0.2, -0.15) is 0 Å². The van der Waals surface area contributed by atoms with E-state index in [0.29, 0.717) is 17.1 Å². The van der Waals surface area contributed by atoms with Crippen molar-refractivity contribution in [1.29, 1.82) is 0 Å². The molecule has 0 saturated carbocycles. The standard InChI is InChI=1S/C17H16N2O5S/c1-17(14-3-2-6-25-14)15(21)19(16(22)18-17)8-11(20)10-4-5-12-13(7-10)24-9-23-12/h2-7,11,20H,8-9H2,1H3,(H,18,22)/t11-,17+/m0/s1. The SMILES string of the molecule is C[C@]1(c2cccs2)NC(=O)N(C[C@H](O)c2ccc3c(c2)OCO3)C1=O. The van der Waals surface area contributed by atoms with Crippen molar-refractivity contribution in [1.82, 2.24) is 10.2 Å². The van der Waals surface area contributed by atoms with Crippen LogP contribution in [0.5, 0.6) is 11.5 Å². The summed E-state index contributed by atoms with van der Waals surface area (Å²) in [7, 11) is 0. The van der Waals surface area contributed by atoms with Crippen molar-refractivity contribution in [3.8, 4) is 11.5 Å². The number of imide groups is 1. The lowest BCUT2D eigenvalue weighted by molar-refractivity contribution is -0.132. The summed E-state index contributed by atoms with van der Waals surface area (Å²) in [5.41, 5.74) is -0.547. The highest BCUT2D eigenvalue weighted by atomic mass is 32.1. The molecule has 130 valence electrons. The van der Waals surface area contributed by atoms with E-state index in [1.165, 1.54) is 11.3 Å². The molecule has 2 aromatic rings. The zero-order chi connectivity index (χ0) is 17.6. The highest BCUT2D eigenvalue weighted by Crippen LogP contribution is 2.36. The number of aliphatic hydroxyl groups is 1. The Balaban J connectivity index is 1.54. The monoisotopic (exact) mass is 360 g/mol. The van der Waals surface area contributed by atoms with Crippen LogP contribution < -0.4 is 14.8 Å². The van der Waals surface area contributed by atoms with Gasteiger partial charge in [-0.1, -0.05) is 12.1 Å². The number of aliphatic hydroxyl groups excluding tert-OH is 1. The Kier molecular flexibility index (Phi) is 3.66. The number of carbonyl (C=O) groups excluding carboxylic acids is 2. The maximum Gasteiger partial charge on any atom is 0.325 e. The molecule has 0 aliphatic carbocycles. The van der Waals surface area contributed by atoms with Crippen molar-refractivity contribution in [2.45, 2.75) is 18.6 Å². The molecule has 7 nitrogen and oxygen atoms in total. The topological polar surface area (TPSA) is 88.1 Å². The van der Waals surface area contributed by atoms with Crippen molar-refractivity contribution < 1.29 is 24.2 Å². The first-order valence-corrected chi connectivity index (χ1v) is 8.63. The van der Waals surface area contributed by atoms with Gasteiger partial charge in [0.1, 0.15) is 0 Å². The first-order chi connectivity index (χ1) is 12.0. The summed E-state index contributed by atoms with van der Waals surface area (Å²) in [5.74, 6) is 0.771. The average molecular weight is 360 g/mol. The molecule has 2 atom stereocenters. The molecule has 3 heterocycles. The lowest BCUT2D eigenvalue weighted by atomic mass is 10.0. The second kappa shape index (κ2) is 5.75. The van der Waals surface area contributed by atoms with Gasteiger partial charge in [-0.3, -0.25) is 9.69 Å². The molecule has 0 bridgehead atoms. The Morgan fingerprint density at radius 2 is 2.12 bits per heavy atom. The van der Waals surface area contributed by atoms with Crippen LogP contribution in [-0.2, 0) is 10.3 Å². The van der Waals surface area contributed by atoms with E-state index in [9.17, 15) is 14.7 Å². The van der Waals surface area contributed by atoms with E-state index in [-0.39, 0.29) is 19.2 Å². The van der Waals surface area contributed by atoms with Gasteiger partial charge in [0.2, 0.25) is 6.79 Å². The van der Waals surface area contributed by atoms with Crippen LogP contribution in [-0.4, -0.2) is 35.3 Å². The zero-order valence-electron chi connectivity index (χ0n) is 13.4. The third-order valence-corrected chi connectivity index (χ3v) is 5.52. The van der Waals surface area contributed by atoms with E-state index < -0.39 is 17.7 Å². The fraction of sp³-hybridized carbons (Fsp3) is 0.294. The summed E-state index contributed by atoms with van der Waals surface area (Å²) in [5, 5.41) is 15.1. The zero-order valence-corrected chi connectivity index (χ0v) is 14.2. The molecule has 8 heteroatoms. The van der Waals surface area contributed by atoms with Gasteiger partial charge in [-0.25, -0.2) is 4.79 Å². The Labute approximate surface area is 147 Å². The summed E-state index contributed by atoms with van der Waals surface area (Å²) in [6.07, 6.45) is -1.02. The van der Waals surface area contributed by atoms with Gasteiger partial charge in [0.15, 0.2) is 17.0 Å². The number of β-amino-alcohol motifs (C(OH)–C–C–N with tert-alkyl or cyclic N) is 1. The van der Waals surface area contributed by atoms with Gasteiger partial charge in [-0.15, -0.1) is 11.3 Å². The number of hydrogen-bond donors (Lipinski definition) is 2. The summed E-state index contributed by atoms with van der Waals surface area (Å²) in [6, 6.07) is 8.16. The van der Waals surface area contributed by atoms with E-state index in [2.05, 4.69) is 5.32 Å². The van der Waals surface area contributed by atoms with Crippen LogP contribution in [0.1, 0.15) is 23.5 Å². The molecule has 3 amide bonds. The van der Waals surface area contributed by atoms with Crippen LogP contribution in [0, 0.1) is 0 Å². The van der Waals surface area contributed by atoms with Crippen LogP contribution in [0.25, 0.3) is 0 Å². The number of ether oxygens (including phenoxy) is 2. The van der Waals surface area contributed by atoms with Crippen molar-refractivity contribution in [3.05, 3.63) is 46.2 Å². The Morgan fingerprint density at radius 3 is 2.88 bits per heavy atom. The lowest BCUT2D eigenvalue weighted by Gasteiger charge is -2.21. The lowest BCUT2D eigenvalue weighted by Crippen LogP contribution is -2.40. The van der Waals surface area contributed by atoms with Gasteiger partial charge in [0.05, 0.1) is 12.6 Å². The molecule has 0 radical (unpaired) electrons. The highest BCUT2D eigenvalue weighted by molar-refractivity contribution is 7.10. The number of hydrogen-bond acceptors (Lipinski definition) is 6. The molecule has 25 heavy (non-hydrogen) atoms. The molecule has 2 N–H and O–H groups in total. The van der Waals surface area contributed by atoms with Crippen LogP contribution >= 0.6 is 11.3 Å². The normalized spacial score (nSPS) is 23.0. The first-order valence-electron chi connectivity index (χ1n) is 7.75. The van der Waals surface area contributed by atoms with E-state index in [0.717, 1.165) is 9.78 Å². The number of rotatable bonds is 4. The van der Waals surface area contributed by atoms with E-state index >= 15 is 0 Å². The van der Waals surface area contributed by atoms with Gasteiger partial charge in [0, 0.05) is 4.88 Å². The minimum absolute atomic E-state index is 0.134. The fourth-order valence-corrected chi connectivity index (χ4v) is 3.83. The van der Waals surface area contributed by atoms with Gasteiger partial charge in [0.25, 0.3) is 5.91 Å². The largest absolute Gasteiger partial charge is 0.454 e. The minimum atomic E-state index is -1.10. The van der Waals surface area contributed by atoms with E-state index in [1.807, 2.05) is 11.4 Å². The number of thiophene rings is 1. The number of nitrogens with zero attached hydrogens (tertiary/aromatic N) is 1. The molecule has 2 aliphatic rings. The second-order valence-corrected chi connectivity index (χ2v) is 7.02. The predicted molar refractivity (Wildman–Crippen MR) is 89.4 cm³/mol. The number of fused-ring (bicyclic) bond motifs is 1. The van der Waals surface area contributed by atoms with Crippen molar-refractivity contribution >= 4 is 23.3 Å². The fourth-order valence-electron chi connectivity index (χ4n) is 2.99. The van der Waals surface area contributed by atoms with Gasteiger partial charge >= 0.3 is 6.03 Å². The first kappa shape index (κ1) is 15.9. The number of nitrogens with one attached hydrogen (secondary N) is 1. The van der Waals surface area contributed by atoms with E-state index in [1.54, 1.807) is 31.2 Å². The molecule has 1 saturated heterocycles. The molecule has 1 aromatic heterocycles. The van der Waals surface area contributed by atoms with Gasteiger partial charge < -0.3 is 19.9 Å². The molecule has 2 aliphatic heterocycles. The summed E-state index contributed by atoms with van der Waals surface area (Å²) >= 11 is 1.40.